The van der Waals surface area contributed by atoms with Crippen LogP contribution >= 0.6 is 46.4 Å². The molecule has 1 N–H and O–H groups in total. The predicted molar refractivity (Wildman–Crippen MR) is 177 cm³/mol. The Balaban J connectivity index is 1.83. The summed E-state index contributed by atoms with van der Waals surface area (Å²) in [5.41, 5.74) is 1.38. The van der Waals surface area contributed by atoms with Crippen molar-refractivity contribution in [2.75, 3.05) is 17.4 Å². The minimum atomic E-state index is -4.30. The summed E-state index contributed by atoms with van der Waals surface area (Å²) in [5.74, 6) is -1.08. The Hall–Kier alpha value is -3.27. The fourth-order valence-corrected chi connectivity index (χ4v) is 6.83. The van der Waals surface area contributed by atoms with Gasteiger partial charge in [-0.1, -0.05) is 88.9 Å². The monoisotopic (exact) mass is 691 g/mol. The van der Waals surface area contributed by atoms with Gasteiger partial charge in [0.15, 0.2) is 0 Å². The average molecular weight is 693 g/mol. The van der Waals surface area contributed by atoms with E-state index in [0.29, 0.717) is 27.2 Å². The van der Waals surface area contributed by atoms with Crippen molar-refractivity contribution in [3.8, 4) is 0 Å². The van der Waals surface area contributed by atoms with E-state index in [4.69, 9.17) is 46.4 Å². The van der Waals surface area contributed by atoms with Crippen molar-refractivity contribution in [2.24, 2.45) is 0 Å². The van der Waals surface area contributed by atoms with Gasteiger partial charge in [0, 0.05) is 45.2 Å². The Morgan fingerprint density at radius 2 is 1.43 bits per heavy atom. The first kappa shape index (κ1) is 33.6. The number of hydrogen-bond acceptors (Lipinski definition) is 4. The van der Waals surface area contributed by atoms with E-state index in [-0.39, 0.29) is 28.6 Å². The minimum Gasteiger partial charge on any atom is -0.355 e. The topological polar surface area (TPSA) is 86.8 Å². The van der Waals surface area contributed by atoms with Gasteiger partial charge in [0.1, 0.15) is 12.6 Å². The molecule has 1 atom stereocenters. The largest absolute Gasteiger partial charge is 0.355 e. The maximum absolute atomic E-state index is 14.4. The highest BCUT2D eigenvalue weighted by atomic mass is 35.5. The van der Waals surface area contributed by atoms with Crippen LogP contribution in [0, 0.1) is 0 Å². The normalized spacial score (nSPS) is 11.9. The highest BCUT2D eigenvalue weighted by molar-refractivity contribution is 7.92. The zero-order chi connectivity index (χ0) is 31.9. The van der Waals surface area contributed by atoms with E-state index in [0.717, 1.165) is 9.87 Å². The smallest absolute Gasteiger partial charge is 0.264 e. The molecule has 0 aliphatic carbocycles. The molecule has 0 saturated carbocycles. The maximum Gasteiger partial charge on any atom is 0.264 e. The number of amides is 2. The van der Waals surface area contributed by atoms with Crippen molar-refractivity contribution >= 4 is 73.9 Å². The van der Waals surface area contributed by atoms with Gasteiger partial charge in [-0.3, -0.25) is 13.9 Å². The number of rotatable bonds is 12. The van der Waals surface area contributed by atoms with E-state index in [2.05, 4.69) is 5.32 Å². The summed E-state index contributed by atoms with van der Waals surface area (Å²) >= 11 is 25.3. The van der Waals surface area contributed by atoms with Crippen molar-refractivity contribution in [2.45, 2.75) is 30.8 Å². The van der Waals surface area contributed by atoms with Crippen molar-refractivity contribution in [3.63, 3.8) is 0 Å². The molecule has 4 aromatic carbocycles. The first-order valence-electron chi connectivity index (χ1n) is 13.6. The van der Waals surface area contributed by atoms with E-state index in [1.807, 2.05) is 30.3 Å². The Kier molecular flexibility index (Phi) is 11.6. The summed E-state index contributed by atoms with van der Waals surface area (Å²) in [6.45, 7) is 1.28. The number of nitrogens with zero attached hydrogens (tertiary/aromatic N) is 2. The van der Waals surface area contributed by atoms with Crippen molar-refractivity contribution in [1.82, 2.24) is 10.2 Å². The van der Waals surface area contributed by atoms with Crippen molar-refractivity contribution < 1.29 is 18.0 Å². The standard InChI is InChI=1S/C32H29Cl4N3O4S/c1-2-37-32(41)30(18-22-8-4-3-5-9-22)38(20-27-28(35)12-7-13-29(27)36)31(40)21-39(25-11-6-10-24(34)19-25)44(42,43)26-16-14-23(33)15-17-26/h3-17,19,30H,2,18,20-21H2,1H3,(H,37,41)/t30-/m0/s1. The third-order valence-electron chi connectivity index (χ3n) is 6.79. The second-order valence-corrected chi connectivity index (χ2v) is 13.3. The van der Waals surface area contributed by atoms with Crippen LogP contribution in [-0.4, -0.2) is 44.3 Å². The number of likely N-dealkylation sites (N-methyl/N-ethyl adjacent to an activating group) is 1. The molecule has 0 spiro atoms. The Morgan fingerprint density at radius 1 is 0.795 bits per heavy atom. The maximum atomic E-state index is 14.4. The van der Waals surface area contributed by atoms with Crippen LogP contribution in [0.15, 0.2) is 102 Å². The molecule has 0 bridgehead atoms. The Labute approximate surface area is 277 Å². The third-order valence-corrected chi connectivity index (χ3v) is 9.77. The lowest BCUT2D eigenvalue weighted by molar-refractivity contribution is -0.140. The van der Waals surface area contributed by atoms with Crippen LogP contribution in [0.2, 0.25) is 20.1 Å². The fourth-order valence-electron chi connectivity index (χ4n) is 4.59. The van der Waals surface area contributed by atoms with Crippen LogP contribution in [0.4, 0.5) is 5.69 Å². The van der Waals surface area contributed by atoms with Crippen LogP contribution in [0.25, 0.3) is 0 Å². The van der Waals surface area contributed by atoms with Gasteiger partial charge in [0.05, 0.1) is 10.6 Å². The molecule has 4 rings (SSSR count). The van der Waals surface area contributed by atoms with Gasteiger partial charge in [-0.2, -0.15) is 0 Å². The van der Waals surface area contributed by atoms with E-state index in [9.17, 15) is 18.0 Å². The van der Waals surface area contributed by atoms with Crippen LogP contribution < -0.4 is 9.62 Å². The summed E-state index contributed by atoms with van der Waals surface area (Å²) in [5, 5.41) is 4.03. The van der Waals surface area contributed by atoms with Gasteiger partial charge < -0.3 is 10.2 Å². The molecule has 0 unspecified atom stereocenters. The molecule has 0 aromatic heterocycles. The number of halogens is 4. The lowest BCUT2D eigenvalue weighted by Crippen LogP contribution is -2.53. The molecule has 0 radical (unpaired) electrons. The molecule has 2 amide bonds. The lowest BCUT2D eigenvalue weighted by Gasteiger charge is -2.34. The minimum absolute atomic E-state index is 0.0834. The summed E-state index contributed by atoms with van der Waals surface area (Å²) in [4.78, 5) is 29.2. The lowest BCUT2D eigenvalue weighted by atomic mass is 10.0. The van der Waals surface area contributed by atoms with Gasteiger partial charge in [0.2, 0.25) is 11.8 Å². The molecule has 4 aromatic rings. The molecule has 44 heavy (non-hydrogen) atoms. The molecular formula is C32H29Cl4N3O4S. The Morgan fingerprint density at radius 3 is 2.05 bits per heavy atom. The second-order valence-electron chi connectivity index (χ2n) is 9.77. The van der Waals surface area contributed by atoms with Crippen molar-refractivity contribution in [1.29, 1.82) is 0 Å². The molecule has 0 saturated heterocycles. The number of carbonyl (C=O) groups excluding carboxylic acids is 2. The zero-order valence-electron chi connectivity index (χ0n) is 23.6. The van der Waals surface area contributed by atoms with E-state index >= 15 is 0 Å². The summed E-state index contributed by atoms with van der Waals surface area (Å²) in [7, 11) is -4.30. The van der Waals surface area contributed by atoms with Crippen LogP contribution in [0.1, 0.15) is 18.1 Å². The SMILES string of the molecule is CCNC(=O)[C@H](Cc1ccccc1)N(Cc1c(Cl)cccc1Cl)C(=O)CN(c1cccc(Cl)c1)S(=O)(=O)c1ccc(Cl)cc1. The number of carbonyl (C=O) groups is 2. The fraction of sp³-hybridized carbons (Fsp3) is 0.188. The van der Waals surface area contributed by atoms with E-state index in [1.54, 1.807) is 37.3 Å². The molecule has 7 nitrogen and oxygen atoms in total. The van der Waals surface area contributed by atoms with Gasteiger partial charge in [-0.05, 0) is 67.1 Å². The molecule has 0 aliphatic heterocycles. The van der Waals surface area contributed by atoms with Gasteiger partial charge in [-0.25, -0.2) is 8.42 Å². The molecular weight excluding hydrogens is 664 g/mol. The van der Waals surface area contributed by atoms with Gasteiger partial charge >= 0.3 is 0 Å². The number of hydrogen-bond donors (Lipinski definition) is 1. The number of anilines is 1. The highest BCUT2D eigenvalue weighted by Crippen LogP contribution is 2.30. The second kappa shape index (κ2) is 15.1. The van der Waals surface area contributed by atoms with Gasteiger partial charge in [-0.15, -0.1) is 0 Å². The third kappa shape index (κ3) is 8.25. The molecule has 12 heteroatoms. The summed E-state index contributed by atoms with van der Waals surface area (Å²) in [6, 6.07) is 24.9. The van der Waals surface area contributed by atoms with Crippen molar-refractivity contribution in [3.05, 3.63) is 128 Å². The predicted octanol–water partition coefficient (Wildman–Crippen LogP) is 7.27. The zero-order valence-corrected chi connectivity index (χ0v) is 27.4. The van der Waals surface area contributed by atoms with Crippen LogP contribution in [-0.2, 0) is 32.6 Å². The molecule has 230 valence electrons. The first-order valence-corrected chi connectivity index (χ1v) is 16.5. The van der Waals surface area contributed by atoms with E-state index < -0.39 is 34.4 Å². The number of nitrogens with one attached hydrogen (secondary N) is 1. The van der Waals surface area contributed by atoms with Crippen LogP contribution in [0.3, 0.4) is 0 Å². The quantitative estimate of drug-likeness (QED) is 0.169. The Bertz CT molecular complexity index is 1700. The summed E-state index contributed by atoms with van der Waals surface area (Å²) < 4.78 is 29.0. The average Bonchev–Trinajstić information content (AvgIpc) is 2.99. The molecule has 0 heterocycles. The van der Waals surface area contributed by atoms with Gasteiger partial charge in [0.25, 0.3) is 10.0 Å². The first-order chi connectivity index (χ1) is 21.0. The van der Waals surface area contributed by atoms with E-state index in [1.165, 1.54) is 41.3 Å². The number of sulfonamides is 1. The highest BCUT2D eigenvalue weighted by Gasteiger charge is 2.35. The molecule has 0 fully saturated rings. The van der Waals surface area contributed by atoms with Crippen LogP contribution in [0.5, 0.6) is 0 Å². The molecule has 0 aliphatic rings. The summed E-state index contributed by atoms with van der Waals surface area (Å²) in [6.07, 6.45) is 0.154. The number of benzene rings is 4.